The lowest BCUT2D eigenvalue weighted by molar-refractivity contribution is 0.0683. The minimum absolute atomic E-state index is 0.0104. The van der Waals surface area contributed by atoms with Crippen molar-refractivity contribution in [2.75, 3.05) is 7.05 Å². The Morgan fingerprint density at radius 3 is 2.77 bits per heavy atom. The van der Waals surface area contributed by atoms with E-state index in [-0.39, 0.29) is 5.91 Å². The van der Waals surface area contributed by atoms with Crippen molar-refractivity contribution >= 4 is 5.91 Å². The van der Waals surface area contributed by atoms with Crippen molar-refractivity contribution in [2.45, 2.75) is 51.1 Å². The normalized spacial score (nSPS) is 16.4. The van der Waals surface area contributed by atoms with Gasteiger partial charge in [-0.15, -0.1) is 0 Å². The summed E-state index contributed by atoms with van der Waals surface area (Å²) in [6.07, 6.45) is 12.6. The predicted molar refractivity (Wildman–Crippen MR) is 83.6 cm³/mol. The number of hydrogen-bond acceptors (Lipinski definition) is 3. The van der Waals surface area contributed by atoms with Gasteiger partial charge in [-0.3, -0.25) is 4.79 Å². The topological polar surface area (TPSA) is 51.3 Å². The second-order valence-corrected chi connectivity index (χ2v) is 6.06. The summed E-state index contributed by atoms with van der Waals surface area (Å²) >= 11 is 0. The SMILES string of the molecule is CN(C(=O)c1ccc(Cn2ccnc2)o1)C1CCCCCC1. The van der Waals surface area contributed by atoms with E-state index in [4.69, 9.17) is 4.42 Å². The molecule has 1 aliphatic rings. The van der Waals surface area contributed by atoms with E-state index in [9.17, 15) is 4.79 Å². The van der Waals surface area contributed by atoms with Crippen LogP contribution in [-0.4, -0.2) is 33.4 Å². The Labute approximate surface area is 130 Å². The molecule has 0 N–H and O–H groups in total. The van der Waals surface area contributed by atoms with Crippen LogP contribution in [0.15, 0.2) is 35.3 Å². The van der Waals surface area contributed by atoms with Crippen molar-refractivity contribution in [3.63, 3.8) is 0 Å². The maximum atomic E-state index is 12.6. The van der Waals surface area contributed by atoms with Crippen molar-refractivity contribution in [1.29, 1.82) is 0 Å². The number of imidazole rings is 1. The Bertz CT molecular complexity index is 595. The summed E-state index contributed by atoms with van der Waals surface area (Å²) in [5.41, 5.74) is 0. The highest BCUT2D eigenvalue weighted by molar-refractivity contribution is 5.91. The van der Waals surface area contributed by atoms with Crippen LogP contribution in [0.4, 0.5) is 0 Å². The molecule has 2 aromatic rings. The van der Waals surface area contributed by atoms with Gasteiger partial charge in [-0.2, -0.15) is 0 Å². The standard InChI is InChI=1S/C17H23N3O2/c1-19(14-6-4-2-3-5-7-14)17(21)16-9-8-15(22-16)12-20-11-10-18-13-20/h8-11,13-14H,2-7,12H2,1H3. The third-order valence-corrected chi connectivity index (χ3v) is 4.46. The highest BCUT2D eigenvalue weighted by Gasteiger charge is 2.24. The van der Waals surface area contributed by atoms with Gasteiger partial charge in [0.25, 0.3) is 5.91 Å². The van der Waals surface area contributed by atoms with Crippen LogP contribution in [0.5, 0.6) is 0 Å². The second-order valence-electron chi connectivity index (χ2n) is 6.06. The molecule has 0 aliphatic heterocycles. The molecule has 118 valence electrons. The van der Waals surface area contributed by atoms with Crippen molar-refractivity contribution in [1.82, 2.24) is 14.5 Å². The van der Waals surface area contributed by atoms with E-state index >= 15 is 0 Å². The first-order valence-corrected chi connectivity index (χ1v) is 8.05. The minimum Gasteiger partial charge on any atom is -0.454 e. The zero-order valence-electron chi connectivity index (χ0n) is 13.1. The third kappa shape index (κ3) is 3.40. The van der Waals surface area contributed by atoms with E-state index in [1.807, 2.05) is 28.8 Å². The van der Waals surface area contributed by atoms with Gasteiger partial charge in [0.2, 0.25) is 0 Å². The van der Waals surface area contributed by atoms with E-state index in [0.717, 1.165) is 18.6 Å². The highest BCUT2D eigenvalue weighted by atomic mass is 16.4. The molecule has 0 bridgehead atoms. The first-order valence-electron chi connectivity index (χ1n) is 8.05. The van der Waals surface area contributed by atoms with Crippen LogP contribution in [0.3, 0.4) is 0 Å². The van der Waals surface area contributed by atoms with Gasteiger partial charge < -0.3 is 13.9 Å². The average Bonchev–Trinajstić information content (AvgIpc) is 3.13. The number of carbonyl (C=O) groups is 1. The van der Waals surface area contributed by atoms with Gasteiger partial charge in [0, 0.05) is 25.5 Å². The molecule has 22 heavy (non-hydrogen) atoms. The fraction of sp³-hybridized carbons (Fsp3) is 0.529. The molecule has 0 radical (unpaired) electrons. The van der Waals surface area contributed by atoms with Gasteiger partial charge in [0.05, 0.1) is 12.9 Å². The lowest BCUT2D eigenvalue weighted by Crippen LogP contribution is -2.36. The molecule has 1 saturated carbocycles. The summed E-state index contributed by atoms with van der Waals surface area (Å²) in [4.78, 5) is 18.5. The summed E-state index contributed by atoms with van der Waals surface area (Å²) in [6.45, 7) is 0.598. The number of rotatable bonds is 4. The molecule has 0 aromatic carbocycles. The molecule has 0 atom stereocenters. The van der Waals surface area contributed by atoms with Crippen molar-refractivity contribution in [3.05, 3.63) is 42.4 Å². The molecule has 1 amide bonds. The molecule has 3 rings (SSSR count). The number of hydrogen-bond donors (Lipinski definition) is 0. The summed E-state index contributed by atoms with van der Waals surface area (Å²) in [6, 6.07) is 3.99. The molecule has 0 unspecified atom stereocenters. The van der Waals surface area contributed by atoms with Crippen LogP contribution >= 0.6 is 0 Å². The molecule has 1 fully saturated rings. The smallest absolute Gasteiger partial charge is 0.289 e. The quantitative estimate of drug-likeness (QED) is 0.814. The summed E-state index contributed by atoms with van der Waals surface area (Å²) in [7, 11) is 1.90. The Balaban J connectivity index is 1.65. The molecule has 0 spiro atoms. The second kappa shape index (κ2) is 6.81. The molecule has 2 heterocycles. The first-order chi connectivity index (χ1) is 10.7. The molecule has 0 saturated heterocycles. The van der Waals surface area contributed by atoms with Crippen LogP contribution in [0.25, 0.3) is 0 Å². The van der Waals surface area contributed by atoms with Gasteiger partial charge >= 0.3 is 0 Å². The van der Waals surface area contributed by atoms with Crippen LogP contribution in [0.1, 0.15) is 54.8 Å². The van der Waals surface area contributed by atoms with Gasteiger partial charge in [0.15, 0.2) is 5.76 Å². The van der Waals surface area contributed by atoms with Gasteiger partial charge in [-0.25, -0.2) is 4.98 Å². The summed E-state index contributed by atoms with van der Waals surface area (Å²) < 4.78 is 7.64. The number of aromatic nitrogens is 2. The van der Waals surface area contributed by atoms with Gasteiger partial charge in [0.1, 0.15) is 5.76 Å². The average molecular weight is 301 g/mol. The summed E-state index contributed by atoms with van der Waals surface area (Å²) in [5.74, 6) is 1.20. The van der Waals surface area contributed by atoms with E-state index in [0.29, 0.717) is 18.3 Å². The zero-order valence-corrected chi connectivity index (χ0v) is 13.1. The van der Waals surface area contributed by atoms with E-state index in [1.165, 1.54) is 25.7 Å². The fourth-order valence-corrected chi connectivity index (χ4v) is 3.12. The molecule has 1 aliphatic carbocycles. The molecule has 5 nitrogen and oxygen atoms in total. The third-order valence-electron chi connectivity index (χ3n) is 4.46. The number of nitrogens with zero attached hydrogens (tertiary/aromatic N) is 3. The van der Waals surface area contributed by atoms with E-state index in [2.05, 4.69) is 4.98 Å². The number of furan rings is 1. The van der Waals surface area contributed by atoms with Crippen molar-refractivity contribution < 1.29 is 9.21 Å². The maximum absolute atomic E-state index is 12.6. The van der Waals surface area contributed by atoms with Crippen molar-refractivity contribution in [2.24, 2.45) is 0 Å². The monoisotopic (exact) mass is 301 g/mol. The molecule has 2 aromatic heterocycles. The zero-order chi connectivity index (χ0) is 15.4. The van der Waals surface area contributed by atoms with Crippen LogP contribution in [0, 0.1) is 0 Å². The first kappa shape index (κ1) is 14.9. The van der Waals surface area contributed by atoms with E-state index < -0.39 is 0 Å². The minimum atomic E-state index is -0.0104. The Morgan fingerprint density at radius 2 is 2.09 bits per heavy atom. The van der Waals surface area contributed by atoms with Crippen molar-refractivity contribution in [3.8, 4) is 0 Å². The Kier molecular flexibility index (Phi) is 4.61. The largest absolute Gasteiger partial charge is 0.454 e. The predicted octanol–water partition coefficient (Wildman–Crippen LogP) is 3.32. The lowest BCUT2D eigenvalue weighted by atomic mass is 10.1. The highest BCUT2D eigenvalue weighted by Crippen LogP contribution is 2.23. The molecular formula is C17H23N3O2. The maximum Gasteiger partial charge on any atom is 0.289 e. The van der Waals surface area contributed by atoms with Crippen LogP contribution in [0.2, 0.25) is 0 Å². The number of amides is 1. The summed E-state index contributed by atoms with van der Waals surface area (Å²) in [5, 5.41) is 0. The van der Waals surface area contributed by atoms with Gasteiger partial charge in [-0.1, -0.05) is 25.7 Å². The van der Waals surface area contributed by atoms with E-state index in [1.54, 1.807) is 18.6 Å². The fourth-order valence-electron chi connectivity index (χ4n) is 3.12. The van der Waals surface area contributed by atoms with Gasteiger partial charge in [-0.05, 0) is 25.0 Å². The molecule has 5 heteroatoms. The number of carbonyl (C=O) groups excluding carboxylic acids is 1. The Morgan fingerprint density at radius 1 is 1.32 bits per heavy atom. The van der Waals surface area contributed by atoms with Crippen LogP contribution < -0.4 is 0 Å². The van der Waals surface area contributed by atoms with Crippen LogP contribution in [-0.2, 0) is 6.54 Å². The Hall–Kier alpha value is -2.04. The molecular weight excluding hydrogens is 278 g/mol. The lowest BCUT2D eigenvalue weighted by Gasteiger charge is -2.26.